The zero-order valence-electron chi connectivity index (χ0n) is 12.7. The first-order chi connectivity index (χ1) is 9.27. The molecule has 2 aromatic carbocycles. The van der Waals surface area contributed by atoms with E-state index in [1.807, 2.05) is 13.8 Å². The highest BCUT2D eigenvalue weighted by molar-refractivity contribution is 5.27. The summed E-state index contributed by atoms with van der Waals surface area (Å²) in [5, 5.41) is 0. The molecule has 2 aromatic rings. The van der Waals surface area contributed by atoms with E-state index in [1.165, 1.54) is 41.5 Å². The maximum atomic E-state index is 2.24. The molecule has 0 saturated heterocycles. The van der Waals surface area contributed by atoms with Gasteiger partial charge in [-0.05, 0) is 55.4 Å². The van der Waals surface area contributed by atoms with Crippen LogP contribution >= 0.6 is 0 Å². The Morgan fingerprint density at radius 3 is 1.37 bits per heavy atom. The summed E-state index contributed by atoms with van der Waals surface area (Å²) in [6.07, 6.45) is 3.59. The van der Waals surface area contributed by atoms with Gasteiger partial charge in [0.2, 0.25) is 0 Å². The van der Waals surface area contributed by atoms with Gasteiger partial charge in [0.05, 0.1) is 0 Å². The van der Waals surface area contributed by atoms with E-state index in [0.29, 0.717) is 0 Å². The Balaban J connectivity index is 0.000000861. The van der Waals surface area contributed by atoms with E-state index in [9.17, 15) is 0 Å². The molecule has 0 amide bonds. The third-order valence-corrected chi connectivity index (χ3v) is 3.41. The normalized spacial score (nSPS) is 9.68. The van der Waals surface area contributed by atoms with Crippen LogP contribution in [0.25, 0.3) is 0 Å². The van der Waals surface area contributed by atoms with Crippen molar-refractivity contribution < 1.29 is 0 Å². The summed E-state index contributed by atoms with van der Waals surface area (Å²) in [4.78, 5) is 0. The third-order valence-electron chi connectivity index (χ3n) is 3.41. The first-order valence-electron chi connectivity index (χ1n) is 7.36. The Kier molecular flexibility index (Phi) is 6.95. The third kappa shape index (κ3) is 4.90. The van der Waals surface area contributed by atoms with Gasteiger partial charge in [-0.15, -0.1) is 0 Å². The van der Waals surface area contributed by atoms with Crippen molar-refractivity contribution in [1.82, 2.24) is 0 Å². The van der Waals surface area contributed by atoms with E-state index in [1.54, 1.807) is 0 Å². The summed E-state index contributed by atoms with van der Waals surface area (Å²) >= 11 is 0. The number of hydrogen-bond acceptors (Lipinski definition) is 0. The van der Waals surface area contributed by atoms with Crippen molar-refractivity contribution in [3.63, 3.8) is 0 Å². The second-order valence-corrected chi connectivity index (χ2v) is 4.71. The van der Waals surface area contributed by atoms with Crippen molar-refractivity contribution >= 4 is 0 Å². The van der Waals surface area contributed by atoms with Gasteiger partial charge in [-0.3, -0.25) is 0 Å². The van der Waals surface area contributed by atoms with Gasteiger partial charge in [0.15, 0.2) is 0 Å². The van der Waals surface area contributed by atoms with Gasteiger partial charge in [0.25, 0.3) is 0 Å². The SMILES string of the molecule is CC.Cc1ccccc1CCCc1ccccc1C. The molecule has 0 spiro atoms. The van der Waals surface area contributed by atoms with E-state index >= 15 is 0 Å². The standard InChI is InChI=1S/C17H20.C2H6/c1-14-8-3-5-10-16(14)12-7-13-17-11-6-4-9-15(17)2;1-2/h3-6,8-11H,7,12-13H2,1-2H3;1-2H3. The van der Waals surface area contributed by atoms with Crippen LogP contribution in [0.2, 0.25) is 0 Å². The van der Waals surface area contributed by atoms with Gasteiger partial charge in [-0.1, -0.05) is 62.4 Å². The number of hydrogen-bond donors (Lipinski definition) is 0. The fourth-order valence-electron chi connectivity index (χ4n) is 2.25. The number of rotatable bonds is 4. The van der Waals surface area contributed by atoms with Crippen molar-refractivity contribution in [2.24, 2.45) is 0 Å². The van der Waals surface area contributed by atoms with E-state index in [4.69, 9.17) is 0 Å². The lowest BCUT2D eigenvalue weighted by Gasteiger charge is -2.07. The van der Waals surface area contributed by atoms with Gasteiger partial charge in [0, 0.05) is 0 Å². The quantitative estimate of drug-likeness (QED) is 0.675. The van der Waals surface area contributed by atoms with Crippen LogP contribution in [0.1, 0.15) is 42.5 Å². The zero-order valence-corrected chi connectivity index (χ0v) is 12.7. The van der Waals surface area contributed by atoms with Gasteiger partial charge >= 0.3 is 0 Å². The van der Waals surface area contributed by atoms with Crippen molar-refractivity contribution in [2.45, 2.75) is 47.0 Å². The van der Waals surface area contributed by atoms with Gasteiger partial charge in [-0.2, -0.15) is 0 Å². The summed E-state index contributed by atoms with van der Waals surface area (Å²) < 4.78 is 0. The monoisotopic (exact) mass is 254 g/mol. The topological polar surface area (TPSA) is 0 Å². The van der Waals surface area contributed by atoms with Crippen molar-refractivity contribution in [3.05, 3.63) is 70.8 Å². The summed E-state index contributed by atoms with van der Waals surface area (Å²) in [7, 11) is 0. The zero-order chi connectivity index (χ0) is 14.1. The molecule has 19 heavy (non-hydrogen) atoms. The Morgan fingerprint density at radius 2 is 1.00 bits per heavy atom. The molecule has 0 heteroatoms. The number of aryl methyl sites for hydroxylation is 4. The van der Waals surface area contributed by atoms with Crippen molar-refractivity contribution in [1.29, 1.82) is 0 Å². The van der Waals surface area contributed by atoms with Crippen LogP contribution in [-0.4, -0.2) is 0 Å². The first-order valence-corrected chi connectivity index (χ1v) is 7.36. The molecular formula is C19H26. The molecule has 102 valence electrons. The number of benzene rings is 2. The van der Waals surface area contributed by atoms with Crippen LogP contribution in [0.3, 0.4) is 0 Å². The molecular weight excluding hydrogens is 228 g/mol. The van der Waals surface area contributed by atoms with Crippen LogP contribution in [0.15, 0.2) is 48.5 Å². The molecule has 0 fully saturated rings. The van der Waals surface area contributed by atoms with E-state index in [0.717, 1.165) is 0 Å². The lowest BCUT2D eigenvalue weighted by molar-refractivity contribution is 0.812. The molecule has 0 aliphatic heterocycles. The molecule has 0 bridgehead atoms. The van der Waals surface area contributed by atoms with Crippen molar-refractivity contribution in [2.75, 3.05) is 0 Å². The molecule has 0 aromatic heterocycles. The largest absolute Gasteiger partial charge is 0.0683 e. The Labute approximate surface area is 118 Å². The van der Waals surface area contributed by atoms with Gasteiger partial charge < -0.3 is 0 Å². The minimum atomic E-state index is 1.18. The Bertz CT molecular complexity index is 437. The molecule has 0 heterocycles. The van der Waals surface area contributed by atoms with E-state index < -0.39 is 0 Å². The Hall–Kier alpha value is -1.56. The first kappa shape index (κ1) is 15.5. The smallest absolute Gasteiger partial charge is 0.0273 e. The van der Waals surface area contributed by atoms with Gasteiger partial charge in [0.1, 0.15) is 0 Å². The average Bonchev–Trinajstić information content (AvgIpc) is 2.45. The highest BCUT2D eigenvalue weighted by Gasteiger charge is 1.99. The summed E-state index contributed by atoms with van der Waals surface area (Å²) in [5.41, 5.74) is 5.80. The van der Waals surface area contributed by atoms with Crippen LogP contribution in [0.5, 0.6) is 0 Å². The fraction of sp³-hybridized carbons (Fsp3) is 0.368. The molecule has 0 saturated carbocycles. The molecule has 0 unspecified atom stereocenters. The maximum Gasteiger partial charge on any atom is -0.0273 e. The van der Waals surface area contributed by atoms with Crippen molar-refractivity contribution in [3.8, 4) is 0 Å². The lowest BCUT2D eigenvalue weighted by Crippen LogP contribution is -1.94. The van der Waals surface area contributed by atoms with Gasteiger partial charge in [-0.25, -0.2) is 0 Å². The fourth-order valence-corrected chi connectivity index (χ4v) is 2.25. The molecule has 0 radical (unpaired) electrons. The molecule has 2 rings (SSSR count). The highest BCUT2D eigenvalue weighted by Crippen LogP contribution is 2.14. The average molecular weight is 254 g/mol. The summed E-state index contributed by atoms with van der Waals surface area (Å²) in [6, 6.07) is 17.4. The van der Waals surface area contributed by atoms with Crippen LogP contribution in [0, 0.1) is 13.8 Å². The summed E-state index contributed by atoms with van der Waals surface area (Å²) in [6.45, 7) is 8.40. The Morgan fingerprint density at radius 1 is 0.632 bits per heavy atom. The predicted molar refractivity (Wildman–Crippen MR) is 85.7 cm³/mol. The van der Waals surface area contributed by atoms with Crippen LogP contribution in [-0.2, 0) is 12.8 Å². The van der Waals surface area contributed by atoms with Crippen LogP contribution in [0.4, 0.5) is 0 Å². The summed E-state index contributed by atoms with van der Waals surface area (Å²) in [5.74, 6) is 0. The van der Waals surface area contributed by atoms with E-state index in [2.05, 4.69) is 62.4 Å². The predicted octanol–water partition coefficient (Wildman–Crippen LogP) is 5.50. The maximum absolute atomic E-state index is 2.24. The highest BCUT2D eigenvalue weighted by atomic mass is 14.0. The molecule has 0 aliphatic carbocycles. The molecule has 0 atom stereocenters. The minimum absolute atomic E-state index is 1.18. The second kappa shape index (κ2) is 8.53. The molecule has 0 N–H and O–H groups in total. The molecule has 0 nitrogen and oxygen atoms in total. The molecule has 0 aliphatic rings. The lowest BCUT2D eigenvalue weighted by atomic mass is 9.99. The second-order valence-electron chi connectivity index (χ2n) is 4.71. The minimum Gasteiger partial charge on any atom is -0.0683 e. The van der Waals surface area contributed by atoms with Crippen LogP contribution < -0.4 is 0 Å². The van der Waals surface area contributed by atoms with E-state index in [-0.39, 0.29) is 0 Å².